The van der Waals surface area contributed by atoms with Gasteiger partial charge in [0, 0.05) is 23.7 Å². The molecule has 8 heteroatoms. The summed E-state index contributed by atoms with van der Waals surface area (Å²) in [5, 5.41) is 9.01. The molecule has 0 saturated carbocycles. The molecule has 2 atom stereocenters. The average molecular weight is 368 g/mol. The van der Waals surface area contributed by atoms with Crippen molar-refractivity contribution in [1.29, 1.82) is 0 Å². The van der Waals surface area contributed by atoms with Crippen molar-refractivity contribution >= 4 is 29.3 Å². The van der Waals surface area contributed by atoms with Crippen LogP contribution in [0.5, 0.6) is 0 Å². The second-order valence-electron chi connectivity index (χ2n) is 5.72. The van der Waals surface area contributed by atoms with E-state index in [4.69, 9.17) is 20.8 Å². The molecule has 1 fully saturated rings. The lowest BCUT2D eigenvalue weighted by Gasteiger charge is -2.35. The maximum absolute atomic E-state index is 12.3. The molecular weight excluding hydrogens is 350 g/mol. The van der Waals surface area contributed by atoms with Crippen LogP contribution >= 0.6 is 23.4 Å². The fourth-order valence-electron chi connectivity index (χ4n) is 2.57. The first-order valence-electron chi connectivity index (χ1n) is 7.66. The van der Waals surface area contributed by atoms with E-state index >= 15 is 0 Å². The molecule has 0 unspecified atom stereocenters. The molecule has 1 aromatic heterocycles. The summed E-state index contributed by atoms with van der Waals surface area (Å²) in [5.74, 6) is 0.727. The molecule has 0 N–H and O–H groups in total. The quantitative estimate of drug-likeness (QED) is 0.773. The minimum atomic E-state index is 0.0493. The predicted molar refractivity (Wildman–Crippen MR) is 92.1 cm³/mol. The first kappa shape index (κ1) is 17.3. The Morgan fingerprint density at radius 3 is 2.58 bits per heavy atom. The normalized spacial score (nSPS) is 21.0. The Hall–Kier alpha value is -1.57. The van der Waals surface area contributed by atoms with Crippen LogP contribution < -0.4 is 0 Å². The van der Waals surface area contributed by atoms with Crippen molar-refractivity contribution in [2.45, 2.75) is 31.3 Å². The van der Waals surface area contributed by atoms with Crippen molar-refractivity contribution in [1.82, 2.24) is 15.1 Å². The van der Waals surface area contributed by atoms with Crippen LogP contribution in [-0.2, 0) is 9.53 Å². The van der Waals surface area contributed by atoms with Crippen LogP contribution in [0.2, 0.25) is 5.02 Å². The van der Waals surface area contributed by atoms with Gasteiger partial charge in [-0.05, 0) is 38.1 Å². The Morgan fingerprint density at radius 1 is 1.25 bits per heavy atom. The van der Waals surface area contributed by atoms with Crippen LogP contribution in [0, 0.1) is 0 Å². The van der Waals surface area contributed by atoms with Gasteiger partial charge >= 0.3 is 0 Å². The van der Waals surface area contributed by atoms with Gasteiger partial charge in [0.15, 0.2) is 0 Å². The highest BCUT2D eigenvalue weighted by atomic mass is 35.5. The zero-order chi connectivity index (χ0) is 17.1. The van der Waals surface area contributed by atoms with Crippen molar-refractivity contribution in [2.75, 3.05) is 18.8 Å². The lowest BCUT2D eigenvalue weighted by molar-refractivity contribution is -0.140. The van der Waals surface area contributed by atoms with Crippen LogP contribution in [0.15, 0.2) is 33.9 Å². The van der Waals surface area contributed by atoms with E-state index in [-0.39, 0.29) is 23.9 Å². The molecule has 2 aromatic rings. The molecule has 1 saturated heterocycles. The number of morpholine rings is 1. The lowest BCUT2D eigenvalue weighted by Crippen LogP contribution is -2.48. The summed E-state index contributed by atoms with van der Waals surface area (Å²) < 4.78 is 11.2. The van der Waals surface area contributed by atoms with Gasteiger partial charge in [-0.25, -0.2) is 0 Å². The summed E-state index contributed by atoms with van der Waals surface area (Å²) >= 11 is 7.11. The van der Waals surface area contributed by atoms with E-state index in [2.05, 4.69) is 10.2 Å². The van der Waals surface area contributed by atoms with Crippen LogP contribution in [0.25, 0.3) is 11.5 Å². The van der Waals surface area contributed by atoms with Gasteiger partial charge in [-0.15, -0.1) is 10.2 Å². The maximum Gasteiger partial charge on any atom is 0.277 e. The van der Waals surface area contributed by atoms with E-state index < -0.39 is 0 Å². The van der Waals surface area contributed by atoms with E-state index in [9.17, 15) is 4.79 Å². The SMILES string of the molecule is C[C@@H]1CN(C(=O)CSc2nnc(-c3ccc(Cl)cc3)o2)C[C@H](C)O1. The molecule has 0 spiro atoms. The number of rotatable bonds is 4. The molecule has 0 bridgehead atoms. The number of thioether (sulfide) groups is 1. The van der Waals surface area contributed by atoms with Crippen molar-refractivity contribution in [3.63, 3.8) is 0 Å². The minimum Gasteiger partial charge on any atom is -0.411 e. The highest BCUT2D eigenvalue weighted by Crippen LogP contribution is 2.24. The fourth-order valence-corrected chi connectivity index (χ4v) is 3.37. The van der Waals surface area contributed by atoms with E-state index in [1.165, 1.54) is 11.8 Å². The molecular formula is C16H18ClN3O3S. The number of carbonyl (C=O) groups is 1. The largest absolute Gasteiger partial charge is 0.411 e. The number of carbonyl (C=O) groups excluding carboxylic acids is 1. The van der Waals surface area contributed by atoms with Crippen LogP contribution in [0.4, 0.5) is 0 Å². The smallest absolute Gasteiger partial charge is 0.277 e. The molecule has 0 radical (unpaired) electrons. The van der Waals surface area contributed by atoms with Gasteiger partial charge in [0.2, 0.25) is 11.8 Å². The summed E-state index contributed by atoms with van der Waals surface area (Å²) in [4.78, 5) is 14.1. The molecule has 1 aliphatic rings. The molecule has 1 amide bonds. The summed E-state index contributed by atoms with van der Waals surface area (Å²) in [7, 11) is 0. The monoisotopic (exact) mass is 367 g/mol. The van der Waals surface area contributed by atoms with Crippen LogP contribution in [0.1, 0.15) is 13.8 Å². The number of benzene rings is 1. The number of hydrogen-bond donors (Lipinski definition) is 0. The standard InChI is InChI=1S/C16H18ClN3O3S/c1-10-7-20(8-11(2)22-10)14(21)9-24-16-19-18-15(23-16)12-3-5-13(17)6-4-12/h3-6,10-11H,7-9H2,1-2H3/t10-,11+. The molecule has 3 rings (SSSR count). The minimum absolute atomic E-state index is 0.0493. The number of hydrogen-bond acceptors (Lipinski definition) is 6. The Balaban J connectivity index is 1.57. The van der Waals surface area contributed by atoms with E-state index in [0.29, 0.717) is 29.2 Å². The fraction of sp³-hybridized carbons (Fsp3) is 0.438. The molecule has 1 aromatic carbocycles. The summed E-state index contributed by atoms with van der Waals surface area (Å²) in [5.41, 5.74) is 0.793. The zero-order valence-corrected chi connectivity index (χ0v) is 15.0. The van der Waals surface area contributed by atoms with Gasteiger partial charge < -0.3 is 14.1 Å². The van der Waals surface area contributed by atoms with Crippen molar-refractivity contribution < 1.29 is 13.9 Å². The van der Waals surface area contributed by atoms with Crippen molar-refractivity contribution in [2.24, 2.45) is 0 Å². The van der Waals surface area contributed by atoms with Crippen molar-refractivity contribution in [3.05, 3.63) is 29.3 Å². The summed E-state index contributed by atoms with van der Waals surface area (Å²) in [6.07, 6.45) is 0.116. The third-order valence-electron chi connectivity index (χ3n) is 3.59. The van der Waals surface area contributed by atoms with E-state index in [1.807, 2.05) is 30.9 Å². The average Bonchev–Trinajstić information content (AvgIpc) is 3.01. The topological polar surface area (TPSA) is 68.5 Å². The summed E-state index contributed by atoms with van der Waals surface area (Å²) in [6.45, 7) is 5.17. The van der Waals surface area contributed by atoms with Gasteiger partial charge in [-0.2, -0.15) is 0 Å². The van der Waals surface area contributed by atoms with Gasteiger partial charge in [-0.1, -0.05) is 23.4 Å². The van der Waals surface area contributed by atoms with E-state index in [1.54, 1.807) is 12.1 Å². The molecule has 2 heterocycles. The Morgan fingerprint density at radius 2 is 1.92 bits per heavy atom. The number of amides is 1. The number of ether oxygens (including phenoxy) is 1. The second kappa shape index (κ2) is 7.55. The maximum atomic E-state index is 12.3. The van der Waals surface area contributed by atoms with Gasteiger partial charge in [0.1, 0.15) is 0 Å². The van der Waals surface area contributed by atoms with Gasteiger partial charge in [0.25, 0.3) is 5.22 Å². The number of nitrogens with zero attached hydrogens (tertiary/aromatic N) is 3. The van der Waals surface area contributed by atoms with E-state index in [0.717, 1.165) is 5.56 Å². The highest BCUT2D eigenvalue weighted by Gasteiger charge is 2.26. The molecule has 1 aliphatic heterocycles. The van der Waals surface area contributed by atoms with Crippen LogP contribution in [0.3, 0.4) is 0 Å². The summed E-state index contributed by atoms with van der Waals surface area (Å²) in [6, 6.07) is 7.15. The number of halogens is 1. The van der Waals surface area contributed by atoms with Crippen LogP contribution in [-0.4, -0.2) is 52.1 Å². The molecule has 128 valence electrons. The Labute approximate surface area is 149 Å². The molecule has 6 nitrogen and oxygen atoms in total. The predicted octanol–water partition coefficient (Wildman–Crippen LogP) is 3.12. The second-order valence-corrected chi connectivity index (χ2v) is 7.09. The lowest BCUT2D eigenvalue weighted by atomic mass is 10.2. The Kier molecular flexibility index (Phi) is 5.43. The highest BCUT2D eigenvalue weighted by molar-refractivity contribution is 7.99. The first-order valence-corrected chi connectivity index (χ1v) is 9.03. The molecule has 0 aliphatic carbocycles. The Bertz CT molecular complexity index is 697. The first-order chi connectivity index (χ1) is 11.5. The number of aromatic nitrogens is 2. The third-order valence-corrected chi connectivity index (χ3v) is 4.64. The third kappa shape index (κ3) is 4.28. The molecule has 24 heavy (non-hydrogen) atoms. The van der Waals surface area contributed by atoms with Gasteiger partial charge in [0.05, 0.1) is 18.0 Å². The van der Waals surface area contributed by atoms with Crippen molar-refractivity contribution in [3.8, 4) is 11.5 Å². The zero-order valence-electron chi connectivity index (χ0n) is 13.4. The van der Waals surface area contributed by atoms with Gasteiger partial charge in [-0.3, -0.25) is 4.79 Å².